The summed E-state index contributed by atoms with van der Waals surface area (Å²) in [5, 5.41) is 12.0. The van der Waals surface area contributed by atoms with Crippen molar-refractivity contribution in [2.75, 3.05) is 0 Å². The fourth-order valence-corrected chi connectivity index (χ4v) is 3.11. The third kappa shape index (κ3) is 2.55. The summed E-state index contributed by atoms with van der Waals surface area (Å²) < 4.78 is 5.85. The Bertz CT molecular complexity index is 1010. The summed E-state index contributed by atoms with van der Waals surface area (Å²) in [6, 6.07) is 8.48. The number of amides is 2. The minimum atomic E-state index is -0.428. The highest BCUT2D eigenvalue weighted by Crippen LogP contribution is 2.33. The molecule has 1 fully saturated rings. The molecule has 1 aliphatic heterocycles. The van der Waals surface area contributed by atoms with Crippen LogP contribution in [0.25, 0.3) is 28.2 Å². The van der Waals surface area contributed by atoms with Gasteiger partial charge in [-0.05, 0) is 35.5 Å². The molecule has 0 bridgehead atoms. The first-order chi connectivity index (χ1) is 11.6. The van der Waals surface area contributed by atoms with Crippen LogP contribution in [0.4, 0.5) is 4.79 Å². The Labute approximate surface area is 140 Å². The third-order valence-electron chi connectivity index (χ3n) is 3.54. The van der Waals surface area contributed by atoms with Crippen molar-refractivity contribution in [3.63, 3.8) is 0 Å². The van der Waals surface area contributed by atoms with Crippen LogP contribution in [-0.2, 0) is 4.79 Å². The quantitative estimate of drug-likeness (QED) is 0.695. The van der Waals surface area contributed by atoms with Gasteiger partial charge in [0.1, 0.15) is 17.1 Å². The molecule has 0 saturated carbocycles. The summed E-state index contributed by atoms with van der Waals surface area (Å²) >= 11 is 0.839. The zero-order chi connectivity index (χ0) is 16.7. The number of aromatic hydroxyl groups is 1. The molecule has 2 N–H and O–H groups in total. The van der Waals surface area contributed by atoms with Gasteiger partial charge in [0.05, 0.1) is 4.91 Å². The minimum Gasteiger partial charge on any atom is -0.508 e. The molecule has 0 aliphatic carbocycles. The zero-order valence-electron chi connectivity index (χ0n) is 12.1. The molecule has 0 radical (unpaired) electrons. The van der Waals surface area contributed by atoms with Gasteiger partial charge in [-0.2, -0.15) is 0 Å². The number of aromatic nitrogens is 1. The number of fused-ring (bicyclic) bond motifs is 1. The Morgan fingerprint density at radius 2 is 1.96 bits per heavy atom. The minimum absolute atomic E-state index is 0.178. The second-order valence-corrected chi connectivity index (χ2v) is 6.17. The first-order valence-corrected chi connectivity index (χ1v) is 7.83. The van der Waals surface area contributed by atoms with Gasteiger partial charge in [-0.3, -0.25) is 19.9 Å². The maximum Gasteiger partial charge on any atom is 0.290 e. The molecular weight excluding hydrogens is 328 g/mol. The van der Waals surface area contributed by atoms with Gasteiger partial charge in [0.2, 0.25) is 0 Å². The maximum atomic E-state index is 11.6. The molecule has 1 aliphatic rings. The van der Waals surface area contributed by atoms with Gasteiger partial charge in [0.25, 0.3) is 11.1 Å². The fourth-order valence-electron chi connectivity index (χ4n) is 2.45. The van der Waals surface area contributed by atoms with Crippen LogP contribution in [0.1, 0.15) is 5.76 Å². The highest BCUT2D eigenvalue weighted by atomic mass is 32.2. The molecule has 3 heterocycles. The van der Waals surface area contributed by atoms with Gasteiger partial charge in [-0.15, -0.1) is 0 Å². The van der Waals surface area contributed by atoms with Crippen molar-refractivity contribution in [2.45, 2.75) is 0 Å². The molecule has 2 aromatic heterocycles. The van der Waals surface area contributed by atoms with E-state index >= 15 is 0 Å². The van der Waals surface area contributed by atoms with Crippen LogP contribution >= 0.6 is 11.8 Å². The van der Waals surface area contributed by atoms with Crippen molar-refractivity contribution >= 4 is 40.0 Å². The molecule has 1 saturated heterocycles. The van der Waals surface area contributed by atoms with Gasteiger partial charge in [-0.25, -0.2) is 0 Å². The topological polar surface area (TPSA) is 92.4 Å². The van der Waals surface area contributed by atoms with E-state index < -0.39 is 11.1 Å². The number of rotatable bonds is 2. The van der Waals surface area contributed by atoms with E-state index in [0.717, 1.165) is 28.3 Å². The van der Waals surface area contributed by atoms with Crippen LogP contribution in [0, 0.1) is 0 Å². The number of phenolic OH excluding ortho intramolecular Hbond substituents is 1. The Balaban J connectivity index is 1.80. The highest BCUT2D eigenvalue weighted by molar-refractivity contribution is 8.18. The maximum absolute atomic E-state index is 11.6. The number of nitrogens with zero attached hydrogens (tertiary/aromatic N) is 1. The van der Waals surface area contributed by atoms with Crippen molar-refractivity contribution in [1.82, 2.24) is 10.3 Å². The van der Waals surface area contributed by atoms with Gasteiger partial charge in [-0.1, -0.05) is 12.1 Å². The number of phenols is 1. The highest BCUT2D eigenvalue weighted by Gasteiger charge is 2.25. The van der Waals surface area contributed by atoms with Crippen LogP contribution in [0.3, 0.4) is 0 Å². The molecule has 0 spiro atoms. The van der Waals surface area contributed by atoms with Crippen LogP contribution in [0.15, 0.2) is 52.0 Å². The van der Waals surface area contributed by atoms with E-state index in [4.69, 9.17) is 4.42 Å². The molecule has 118 valence electrons. The lowest BCUT2D eigenvalue weighted by Crippen LogP contribution is -2.17. The average Bonchev–Trinajstić information content (AvgIpc) is 3.10. The van der Waals surface area contributed by atoms with E-state index in [1.165, 1.54) is 6.08 Å². The molecule has 7 heteroatoms. The lowest BCUT2D eigenvalue weighted by Gasteiger charge is -2.02. The molecule has 0 unspecified atom stereocenters. The molecule has 24 heavy (non-hydrogen) atoms. The number of pyridine rings is 1. The Hall–Kier alpha value is -3.06. The zero-order valence-corrected chi connectivity index (χ0v) is 13.0. The number of furan rings is 1. The summed E-state index contributed by atoms with van der Waals surface area (Å²) in [6.07, 6.45) is 4.87. The van der Waals surface area contributed by atoms with Gasteiger partial charge < -0.3 is 9.52 Å². The molecular formula is C17H10N2O4S. The number of benzene rings is 1. The standard InChI is InChI=1S/C17H10N2O4S/c20-11-3-1-9(2-4-11)13-8-18-7-10-5-12(23-15(10)13)6-14-16(21)19-17(22)24-14/h1-8,20H,(H,19,21,22)/b14-6-. The molecule has 6 nitrogen and oxygen atoms in total. The van der Waals surface area contributed by atoms with E-state index in [1.54, 1.807) is 42.7 Å². The third-order valence-corrected chi connectivity index (χ3v) is 4.35. The Kier molecular flexibility index (Phi) is 3.35. The molecule has 0 atom stereocenters. The van der Waals surface area contributed by atoms with Crippen LogP contribution in [0.2, 0.25) is 0 Å². The number of carbonyl (C=O) groups excluding carboxylic acids is 2. The summed E-state index contributed by atoms with van der Waals surface area (Å²) in [6.45, 7) is 0. The predicted molar refractivity (Wildman–Crippen MR) is 90.2 cm³/mol. The first-order valence-electron chi connectivity index (χ1n) is 7.02. The summed E-state index contributed by atoms with van der Waals surface area (Å²) in [5.41, 5.74) is 2.25. The van der Waals surface area contributed by atoms with Gasteiger partial charge in [0, 0.05) is 29.4 Å². The van der Waals surface area contributed by atoms with Crippen molar-refractivity contribution < 1.29 is 19.1 Å². The number of hydrogen-bond donors (Lipinski definition) is 2. The Morgan fingerprint density at radius 1 is 1.17 bits per heavy atom. The van der Waals surface area contributed by atoms with Crippen molar-refractivity contribution in [1.29, 1.82) is 0 Å². The van der Waals surface area contributed by atoms with E-state index in [1.807, 2.05) is 0 Å². The first kappa shape index (κ1) is 14.5. The van der Waals surface area contributed by atoms with E-state index in [2.05, 4.69) is 10.3 Å². The van der Waals surface area contributed by atoms with E-state index in [-0.39, 0.29) is 10.7 Å². The molecule has 3 aromatic rings. The Morgan fingerprint density at radius 3 is 2.67 bits per heavy atom. The van der Waals surface area contributed by atoms with Crippen molar-refractivity contribution in [2.24, 2.45) is 0 Å². The summed E-state index contributed by atoms with van der Waals surface area (Å²) in [4.78, 5) is 27.3. The summed E-state index contributed by atoms with van der Waals surface area (Å²) in [5.74, 6) is 0.213. The second-order valence-electron chi connectivity index (χ2n) is 5.15. The van der Waals surface area contributed by atoms with Gasteiger partial charge in [0.15, 0.2) is 0 Å². The van der Waals surface area contributed by atoms with Crippen LogP contribution < -0.4 is 5.32 Å². The number of hydrogen-bond acceptors (Lipinski definition) is 6. The predicted octanol–water partition coefficient (Wildman–Crippen LogP) is 3.52. The molecule has 4 rings (SSSR count). The molecule has 2 amide bonds. The van der Waals surface area contributed by atoms with E-state index in [9.17, 15) is 14.7 Å². The lowest BCUT2D eigenvalue weighted by atomic mass is 10.1. The smallest absolute Gasteiger partial charge is 0.290 e. The van der Waals surface area contributed by atoms with Crippen LogP contribution in [-0.4, -0.2) is 21.2 Å². The summed E-state index contributed by atoms with van der Waals surface area (Å²) in [7, 11) is 0. The molecule has 1 aromatic carbocycles. The van der Waals surface area contributed by atoms with Gasteiger partial charge >= 0.3 is 0 Å². The van der Waals surface area contributed by atoms with E-state index in [0.29, 0.717) is 11.3 Å². The van der Waals surface area contributed by atoms with Crippen molar-refractivity contribution in [3.05, 3.63) is 53.4 Å². The number of thioether (sulfide) groups is 1. The second kappa shape index (κ2) is 5.54. The largest absolute Gasteiger partial charge is 0.508 e. The normalized spacial score (nSPS) is 16.1. The average molecular weight is 338 g/mol. The SMILES string of the molecule is O=C1NC(=O)/C(=C/c2cc3cncc(-c4ccc(O)cc4)c3o2)S1. The number of carbonyl (C=O) groups is 2. The van der Waals surface area contributed by atoms with Crippen molar-refractivity contribution in [3.8, 4) is 16.9 Å². The number of nitrogens with one attached hydrogen (secondary N) is 1. The fraction of sp³-hybridized carbons (Fsp3) is 0. The lowest BCUT2D eigenvalue weighted by molar-refractivity contribution is -0.115. The monoisotopic (exact) mass is 338 g/mol. The number of imide groups is 1. The van der Waals surface area contributed by atoms with Crippen LogP contribution in [0.5, 0.6) is 5.75 Å².